The standard InChI is InChI=1S/C40H50N8O6/c1-21(2)33(45-39(51)53-7)37(49)47-19-23(5)15-31(47)35-41-27-13-11-25(17-29(27)43-35)9-10-26-12-14-28-30(18-26)44-36(42-28)32-16-24(6)20-48(32)38(50)34(22(3)4)46-40(52)54-8/h11-14,17-18,21-24,31-34H,15-16,19-20H2,1-8H3,(H,41,43)(H,42,44)(H,45,51)(H,46,52)/t23-,24?,31-,32-,33-,34-/m0/s1. The van der Waals surface area contributed by atoms with Crippen molar-refractivity contribution in [3.63, 3.8) is 0 Å². The van der Waals surface area contributed by atoms with Gasteiger partial charge in [0.05, 0.1) is 48.4 Å². The smallest absolute Gasteiger partial charge is 0.407 e. The van der Waals surface area contributed by atoms with E-state index in [1.807, 2.05) is 73.9 Å². The Bertz CT molecular complexity index is 1960. The summed E-state index contributed by atoms with van der Waals surface area (Å²) in [6.07, 6.45) is 0.225. The molecular weight excluding hydrogens is 688 g/mol. The van der Waals surface area contributed by atoms with Gasteiger partial charge in [0.1, 0.15) is 23.7 Å². The van der Waals surface area contributed by atoms with Gasteiger partial charge < -0.3 is 39.9 Å². The second-order valence-electron chi connectivity index (χ2n) is 15.4. The number of nitrogens with one attached hydrogen (secondary N) is 4. The number of hydrogen-bond donors (Lipinski definition) is 4. The Morgan fingerprint density at radius 1 is 0.704 bits per heavy atom. The van der Waals surface area contributed by atoms with Crippen LogP contribution in [0.1, 0.15) is 89.2 Å². The van der Waals surface area contributed by atoms with Gasteiger partial charge in [-0.25, -0.2) is 19.6 Å². The van der Waals surface area contributed by atoms with Gasteiger partial charge in [-0.2, -0.15) is 0 Å². The number of ether oxygens (including phenoxy) is 2. The van der Waals surface area contributed by atoms with Crippen LogP contribution in [0, 0.1) is 35.5 Å². The van der Waals surface area contributed by atoms with Crippen molar-refractivity contribution in [1.82, 2.24) is 40.4 Å². The number of fused-ring (bicyclic) bond motifs is 2. The van der Waals surface area contributed by atoms with Crippen molar-refractivity contribution in [3.8, 4) is 11.8 Å². The highest BCUT2D eigenvalue weighted by atomic mass is 16.5. The molecule has 0 saturated carbocycles. The molecular formula is C40H50N8O6. The van der Waals surface area contributed by atoms with Gasteiger partial charge in [0.2, 0.25) is 11.8 Å². The number of rotatable bonds is 8. The first-order valence-electron chi connectivity index (χ1n) is 18.6. The van der Waals surface area contributed by atoms with Crippen molar-refractivity contribution in [1.29, 1.82) is 0 Å². The number of nitrogens with zero attached hydrogens (tertiary/aromatic N) is 4. The average molecular weight is 739 g/mol. The first-order valence-corrected chi connectivity index (χ1v) is 18.6. The van der Waals surface area contributed by atoms with E-state index >= 15 is 0 Å². The Kier molecular flexibility index (Phi) is 11.2. The summed E-state index contributed by atoms with van der Waals surface area (Å²) in [6, 6.07) is 9.66. The average Bonchev–Trinajstić information content (AvgIpc) is 3.94. The molecule has 14 nitrogen and oxygen atoms in total. The first-order chi connectivity index (χ1) is 25.8. The van der Waals surface area contributed by atoms with Crippen molar-refractivity contribution >= 4 is 46.1 Å². The lowest BCUT2D eigenvalue weighted by Gasteiger charge is -2.30. The fourth-order valence-electron chi connectivity index (χ4n) is 7.53. The van der Waals surface area contributed by atoms with Gasteiger partial charge in [-0.3, -0.25) is 9.59 Å². The summed E-state index contributed by atoms with van der Waals surface area (Å²) < 4.78 is 9.55. The molecule has 0 bridgehead atoms. The molecule has 2 saturated heterocycles. The second kappa shape index (κ2) is 15.8. The van der Waals surface area contributed by atoms with Gasteiger partial charge in [-0.1, -0.05) is 53.4 Å². The van der Waals surface area contributed by atoms with Crippen molar-refractivity contribution in [2.75, 3.05) is 27.3 Å². The van der Waals surface area contributed by atoms with Crippen molar-refractivity contribution in [2.24, 2.45) is 23.7 Å². The van der Waals surface area contributed by atoms with Crippen LogP contribution < -0.4 is 10.6 Å². The maximum atomic E-state index is 13.7. The highest BCUT2D eigenvalue weighted by Crippen LogP contribution is 2.37. The quantitative estimate of drug-likeness (QED) is 0.174. The molecule has 2 aliphatic heterocycles. The molecule has 4 heterocycles. The van der Waals surface area contributed by atoms with Crippen LogP contribution in [-0.2, 0) is 19.1 Å². The first kappa shape index (κ1) is 38.2. The lowest BCUT2D eigenvalue weighted by molar-refractivity contribution is -0.136. The molecule has 0 aliphatic carbocycles. The minimum Gasteiger partial charge on any atom is -0.453 e. The molecule has 6 rings (SSSR count). The summed E-state index contributed by atoms with van der Waals surface area (Å²) in [7, 11) is 2.57. The van der Waals surface area contributed by atoms with Gasteiger partial charge in [0.25, 0.3) is 0 Å². The van der Waals surface area contributed by atoms with E-state index in [0.29, 0.717) is 24.7 Å². The Labute approximate surface area is 315 Å². The molecule has 2 aromatic carbocycles. The number of amides is 4. The third-order valence-electron chi connectivity index (χ3n) is 10.4. The van der Waals surface area contributed by atoms with Crippen LogP contribution in [0.25, 0.3) is 22.1 Å². The number of benzene rings is 2. The van der Waals surface area contributed by atoms with Crippen molar-refractivity contribution in [3.05, 3.63) is 59.2 Å². The van der Waals surface area contributed by atoms with E-state index in [1.54, 1.807) is 0 Å². The third-order valence-corrected chi connectivity index (χ3v) is 10.4. The zero-order valence-electron chi connectivity index (χ0n) is 32.1. The molecule has 2 aliphatic rings. The molecule has 1 unspecified atom stereocenters. The van der Waals surface area contributed by atoms with Crippen LogP contribution in [-0.4, -0.2) is 93.1 Å². The second-order valence-corrected chi connectivity index (χ2v) is 15.4. The van der Waals surface area contributed by atoms with E-state index in [4.69, 9.17) is 19.4 Å². The zero-order chi connectivity index (χ0) is 38.8. The summed E-state index contributed by atoms with van der Waals surface area (Å²) in [4.78, 5) is 71.7. The number of aromatic nitrogens is 4. The molecule has 4 N–H and O–H groups in total. The Balaban J connectivity index is 1.20. The number of methoxy groups -OCH3 is 2. The Hall–Kier alpha value is -5.58. The molecule has 14 heteroatoms. The summed E-state index contributed by atoms with van der Waals surface area (Å²) >= 11 is 0. The number of alkyl carbamates (subject to hydrolysis) is 2. The number of carbonyl (C=O) groups is 4. The molecule has 6 atom stereocenters. The van der Waals surface area contributed by atoms with Crippen molar-refractivity contribution in [2.45, 2.75) is 78.6 Å². The lowest BCUT2D eigenvalue weighted by atomic mass is 10.0. The third kappa shape index (κ3) is 8.00. The monoisotopic (exact) mass is 738 g/mol. The fraction of sp³-hybridized carbons (Fsp3) is 0.500. The number of carbonyl (C=O) groups excluding carboxylic acids is 4. The molecule has 286 valence electrons. The summed E-state index contributed by atoms with van der Waals surface area (Å²) in [5.74, 6) is 7.89. The van der Waals surface area contributed by atoms with Crippen LogP contribution in [0.3, 0.4) is 0 Å². The van der Waals surface area contributed by atoms with Crippen molar-refractivity contribution < 1.29 is 28.7 Å². The van der Waals surface area contributed by atoms with E-state index in [-0.39, 0.29) is 47.6 Å². The minimum atomic E-state index is -0.714. The Morgan fingerprint density at radius 2 is 1.09 bits per heavy atom. The molecule has 2 aromatic heterocycles. The van der Waals surface area contributed by atoms with Crippen LogP contribution in [0.15, 0.2) is 36.4 Å². The SMILES string of the molecule is COC(=O)N[C@H](C(=O)N1CC(C)C[C@H]1c1nc2ccc(C#Cc3ccc4nc([C@@H]5C[C@H](C)CN5C(=O)[C@@H](NC(=O)OC)C(C)C)[nH]c4c3)cc2[nH]1)C(C)C. The lowest BCUT2D eigenvalue weighted by Crippen LogP contribution is -2.51. The van der Waals surface area contributed by atoms with E-state index in [2.05, 4.69) is 46.3 Å². The predicted octanol–water partition coefficient (Wildman–Crippen LogP) is 5.42. The molecule has 0 spiro atoms. The van der Waals surface area contributed by atoms with E-state index in [9.17, 15) is 19.2 Å². The molecule has 54 heavy (non-hydrogen) atoms. The number of hydrogen-bond acceptors (Lipinski definition) is 8. The molecule has 0 radical (unpaired) electrons. The Morgan fingerprint density at radius 3 is 1.44 bits per heavy atom. The van der Waals surface area contributed by atoms with Gasteiger partial charge in [-0.15, -0.1) is 0 Å². The van der Waals surface area contributed by atoms with Crippen LogP contribution >= 0.6 is 0 Å². The number of aromatic amines is 2. The van der Waals surface area contributed by atoms with Gasteiger partial charge in [-0.05, 0) is 72.9 Å². The van der Waals surface area contributed by atoms with E-state index in [1.165, 1.54) is 14.2 Å². The highest BCUT2D eigenvalue weighted by molar-refractivity contribution is 5.87. The van der Waals surface area contributed by atoms with Gasteiger partial charge >= 0.3 is 12.2 Å². The van der Waals surface area contributed by atoms with Crippen LogP contribution in [0.2, 0.25) is 0 Å². The van der Waals surface area contributed by atoms with Crippen LogP contribution in [0.4, 0.5) is 9.59 Å². The number of likely N-dealkylation sites (tertiary alicyclic amines) is 2. The zero-order valence-corrected chi connectivity index (χ0v) is 32.1. The molecule has 4 aromatic rings. The highest BCUT2D eigenvalue weighted by Gasteiger charge is 2.41. The normalized spacial score (nSPS) is 20.9. The minimum absolute atomic E-state index is 0.126. The van der Waals surface area contributed by atoms with Gasteiger partial charge in [0, 0.05) is 24.2 Å². The van der Waals surface area contributed by atoms with Gasteiger partial charge in [0.15, 0.2) is 0 Å². The largest absolute Gasteiger partial charge is 0.453 e. The summed E-state index contributed by atoms with van der Waals surface area (Å²) in [6.45, 7) is 12.9. The number of H-pyrrole nitrogens is 2. The van der Waals surface area contributed by atoms with Crippen LogP contribution in [0.5, 0.6) is 0 Å². The maximum Gasteiger partial charge on any atom is 0.407 e. The fourth-order valence-corrected chi connectivity index (χ4v) is 7.53. The predicted molar refractivity (Wildman–Crippen MR) is 203 cm³/mol. The molecule has 4 amide bonds. The topological polar surface area (TPSA) is 175 Å². The maximum absolute atomic E-state index is 13.7. The summed E-state index contributed by atoms with van der Waals surface area (Å²) in [5, 5.41) is 5.41. The summed E-state index contributed by atoms with van der Waals surface area (Å²) in [5.41, 5.74) is 4.78. The molecule has 2 fully saturated rings. The number of imidazole rings is 2. The van der Waals surface area contributed by atoms with E-state index in [0.717, 1.165) is 46.0 Å². The van der Waals surface area contributed by atoms with E-state index < -0.39 is 24.3 Å².